The molecule has 3 nitrogen and oxygen atoms in total. The summed E-state index contributed by atoms with van der Waals surface area (Å²) in [6.07, 6.45) is 1.84. The number of rotatable bonds is 3. The maximum Gasteiger partial charge on any atom is 0.144 e. The normalized spacial score (nSPS) is 10.9. The number of aromatic nitrogens is 1. The van der Waals surface area contributed by atoms with Gasteiger partial charge in [-0.25, -0.2) is 4.39 Å². The molecule has 0 fully saturated rings. The van der Waals surface area contributed by atoms with Gasteiger partial charge in [-0.05, 0) is 18.2 Å². The zero-order valence-electron chi connectivity index (χ0n) is 8.53. The third-order valence-electron chi connectivity index (χ3n) is 2.40. The van der Waals surface area contributed by atoms with Gasteiger partial charge in [0, 0.05) is 24.7 Å². The van der Waals surface area contributed by atoms with E-state index in [0.29, 0.717) is 18.8 Å². The second kappa shape index (κ2) is 3.90. The molecule has 0 spiro atoms. The van der Waals surface area contributed by atoms with E-state index < -0.39 is 0 Å². The van der Waals surface area contributed by atoms with Crippen molar-refractivity contribution < 1.29 is 9.13 Å². The van der Waals surface area contributed by atoms with Crippen molar-refractivity contribution in [3.05, 3.63) is 30.2 Å². The lowest BCUT2D eigenvalue weighted by Gasteiger charge is -2.01. The van der Waals surface area contributed by atoms with Gasteiger partial charge in [0.25, 0.3) is 0 Å². The van der Waals surface area contributed by atoms with E-state index in [2.05, 4.69) is 0 Å². The van der Waals surface area contributed by atoms with Crippen molar-refractivity contribution in [1.82, 2.24) is 4.57 Å². The molecule has 2 N–H and O–H groups in total. The molecule has 1 aromatic carbocycles. The Morgan fingerprint density at radius 3 is 2.93 bits per heavy atom. The second-order valence-electron chi connectivity index (χ2n) is 3.34. The highest BCUT2D eigenvalue weighted by atomic mass is 19.1. The van der Waals surface area contributed by atoms with Crippen LogP contribution in [0.25, 0.3) is 10.9 Å². The second-order valence-corrected chi connectivity index (χ2v) is 3.34. The molecule has 0 unspecified atom stereocenters. The van der Waals surface area contributed by atoms with Crippen molar-refractivity contribution in [1.29, 1.82) is 0 Å². The number of benzene rings is 1. The van der Waals surface area contributed by atoms with Crippen LogP contribution in [0.1, 0.15) is 0 Å². The molecule has 1 aromatic heterocycles. The van der Waals surface area contributed by atoms with Gasteiger partial charge in [0.1, 0.15) is 11.6 Å². The lowest BCUT2D eigenvalue weighted by Crippen LogP contribution is -2.08. The maximum absolute atomic E-state index is 13.1. The number of hydrogen-bond donors (Lipinski definition) is 1. The van der Waals surface area contributed by atoms with Gasteiger partial charge in [0.2, 0.25) is 0 Å². The van der Waals surface area contributed by atoms with Crippen molar-refractivity contribution in [3.63, 3.8) is 0 Å². The zero-order chi connectivity index (χ0) is 10.8. The van der Waals surface area contributed by atoms with Crippen LogP contribution in [0, 0.1) is 5.82 Å². The molecule has 0 aliphatic rings. The highest BCUT2D eigenvalue weighted by Gasteiger charge is 2.08. The summed E-state index contributed by atoms with van der Waals surface area (Å²) in [4.78, 5) is 0. The van der Waals surface area contributed by atoms with E-state index in [0.717, 1.165) is 10.9 Å². The summed E-state index contributed by atoms with van der Waals surface area (Å²) in [5.41, 5.74) is 6.44. The van der Waals surface area contributed by atoms with Crippen LogP contribution in [-0.4, -0.2) is 18.2 Å². The molecule has 4 heteroatoms. The number of ether oxygens (including phenoxy) is 1. The summed E-state index contributed by atoms with van der Waals surface area (Å²) in [6.45, 7) is 1.25. The number of hydrogen-bond acceptors (Lipinski definition) is 2. The Morgan fingerprint density at radius 1 is 1.47 bits per heavy atom. The van der Waals surface area contributed by atoms with Crippen LogP contribution in [0.4, 0.5) is 4.39 Å². The fourth-order valence-corrected chi connectivity index (χ4v) is 1.72. The molecule has 80 valence electrons. The van der Waals surface area contributed by atoms with Crippen molar-refractivity contribution in [2.75, 3.05) is 13.7 Å². The molecular weight excluding hydrogens is 195 g/mol. The van der Waals surface area contributed by atoms with E-state index in [9.17, 15) is 4.39 Å². The molecule has 0 aliphatic heterocycles. The molecule has 0 bridgehead atoms. The van der Waals surface area contributed by atoms with Gasteiger partial charge in [0.15, 0.2) is 0 Å². The van der Waals surface area contributed by atoms with E-state index in [-0.39, 0.29) is 5.82 Å². The SMILES string of the molecule is COc1cn(CCN)c2ccc(F)cc12. The molecule has 0 atom stereocenters. The number of nitrogens with zero attached hydrogens (tertiary/aromatic N) is 1. The third kappa shape index (κ3) is 1.68. The molecule has 2 rings (SSSR count). The first kappa shape index (κ1) is 9.98. The molecule has 0 saturated heterocycles. The largest absolute Gasteiger partial charge is 0.495 e. The molecule has 0 radical (unpaired) electrons. The molecule has 1 heterocycles. The first-order valence-electron chi connectivity index (χ1n) is 4.78. The minimum Gasteiger partial charge on any atom is -0.495 e. The fourth-order valence-electron chi connectivity index (χ4n) is 1.72. The summed E-state index contributed by atoms with van der Waals surface area (Å²) in [5.74, 6) is 0.421. The first-order valence-corrected chi connectivity index (χ1v) is 4.78. The van der Waals surface area contributed by atoms with E-state index in [1.165, 1.54) is 12.1 Å². The van der Waals surface area contributed by atoms with Gasteiger partial charge in [-0.1, -0.05) is 0 Å². The molecule has 0 amide bonds. The Bertz CT molecular complexity index is 479. The van der Waals surface area contributed by atoms with E-state index in [1.807, 2.05) is 10.8 Å². The lowest BCUT2D eigenvalue weighted by atomic mass is 10.2. The minimum atomic E-state index is -0.258. The molecule has 0 saturated carbocycles. The Morgan fingerprint density at radius 2 is 2.27 bits per heavy atom. The van der Waals surface area contributed by atoms with Gasteiger partial charge < -0.3 is 15.0 Å². The van der Waals surface area contributed by atoms with Gasteiger partial charge >= 0.3 is 0 Å². The Kier molecular flexibility index (Phi) is 2.60. The van der Waals surface area contributed by atoms with Crippen molar-refractivity contribution in [2.24, 2.45) is 5.73 Å². The predicted octanol–water partition coefficient (Wildman–Crippen LogP) is 1.75. The van der Waals surface area contributed by atoms with Crippen LogP contribution in [0.3, 0.4) is 0 Å². The summed E-state index contributed by atoms with van der Waals surface area (Å²) in [6, 6.07) is 4.65. The maximum atomic E-state index is 13.1. The number of halogens is 1. The Labute approximate surface area is 87.2 Å². The third-order valence-corrected chi connectivity index (χ3v) is 2.40. The number of nitrogens with two attached hydrogens (primary N) is 1. The summed E-state index contributed by atoms with van der Waals surface area (Å²) in [5, 5.41) is 0.783. The van der Waals surface area contributed by atoms with Crippen LogP contribution in [0.2, 0.25) is 0 Å². The number of methoxy groups -OCH3 is 1. The van der Waals surface area contributed by atoms with Crippen molar-refractivity contribution in [2.45, 2.75) is 6.54 Å². The summed E-state index contributed by atoms with van der Waals surface area (Å²) >= 11 is 0. The highest BCUT2D eigenvalue weighted by molar-refractivity contribution is 5.86. The first-order chi connectivity index (χ1) is 7.26. The minimum absolute atomic E-state index is 0.258. The van der Waals surface area contributed by atoms with E-state index in [1.54, 1.807) is 13.2 Å². The number of fused-ring (bicyclic) bond motifs is 1. The van der Waals surface area contributed by atoms with Crippen LogP contribution < -0.4 is 10.5 Å². The summed E-state index contributed by atoms with van der Waals surface area (Å²) < 4.78 is 20.2. The van der Waals surface area contributed by atoms with Crippen LogP contribution in [0.5, 0.6) is 5.75 Å². The van der Waals surface area contributed by atoms with Gasteiger partial charge in [-0.2, -0.15) is 0 Å². The average Bonchev–Trinajstić information content (AvgIpc) is 2.56. The topological polar surface area (TPSA) is 40.2 Å². The van der Waals surface area contributed by atoms with Crippen LogP contribution in [0.15, 0.2) is 24.4 Å². The Hall–Kier alpha value is -1.55. The fraction of sp³-hybridized carbons (Fsp3) is 0.273. The Balaban J connectivity index is 2.64. The quantitative estimate of drug-likeness (QED) is 0.834. The highest BCUT2D eigenvalue weighted by Crippen LogP contribution is 2.28. The van der Waals surface area contributed by atoms with Gasteiger partial charge in [0.05, 0.1) is 12.6 Å². The van der Waals surface area contributed by atoms with Crippen LogP contribution >= 0.6 is 0 Å². The van der Waals surface area contributed by atoms with Gasteiger partial charge in [-0.3, -0.25) is 0 Å². The van der Waals surface area contributed by atoms with E-state index in [4.69, 9.17) is 10.5 Å². The average molecular weight is 208 g/mol. The standard InChI is InChI=1S/C11H13FN2O/c1-15-11-7-14(5-4-13)10-3-2-8(12)6-9(10)11/h2-3,6-7H,4-5,13H2,1H3. The summed E-state index contributed by atoms with van der Waals surface area (Å²) in [7, 11) is 1.58. The molecule has 15 heavy (non-hydrogen) atoms. The smallest absolute Gasteiger partial charge is 0.144 e. The predicted molar refractivity (Wildman–Crippen MR) is 57.5 cm³/mol. The lowest BCUT2D eigenvalue weighted by molar-refractivity contribution is 0.417. The zero-order valence-corrected chi connectivity index (χ0v) is 8.53. The molecule has 0 aliphatic carbocycles. The van der Waals surface area contributed by atoms with E-state index >= 15 is 0 Å². The molecule has 2 aromatic rings. The monoisotopic (exact) mass is 208 g/mol. The van der Waals surface area contributed by atoms with Crippen LogP contribution in [-0.2, 0) is 6.54 Å². The molecular formula is C11H13FN2O. The van der Waals surface area contributed by atoms with Crippen molar-refractivity contribution in [3.8, 4) is 5.75 Å². The van der Waals surface area contributed by atoms with Crippen molar-refractivity contribution >= 4 is 10.9 Å². The van der Waals surface area contributed by atoms with Gasteiger partial charge in [-0.15, -0.1) is 0 Å².